The monoisotopic (exact) mass is 243 g/mol. The minimum absolute atomic E-state index is 0.0960. The number of hydrogen-bond donors (Lipinski definition) is 3. The van der Waals surface area contributed by atoms with Crippen molar-refractivity contribution in [2.75, 3.05) is 26.3 Å². The maximum atomic E-state index is 11.6. The van der Waals surface area contributed by atoms with Crippen LogP contribution in [0.5, 0.6) is 0 Å². The van der Waals surface area contributed by atoms with Gasteiger partial charge in [-0.25, -0.2) is 4.79 Å². The van der Waals surface area contributed by atoms with Crippen LogP contribution in [0.3, 0.4) is 0 Å². The molecular formula is C12H25N3O2. The molecule has 0 bridgehead atoms. The van der Waals surface area contributed by atoms with Crippen LogP contribution in [0.1, 0.15) is 33.1 Å². The lowest BCUT2D eigenvalue weighted by atomic mass is 9.88. The van der Waals surface area contributed by atoms with Crippen LogP contribution in [0.2, 0.25) is 0 Å². The fraction of sp³-hybridized carbons (Fsp3) is 0.917. The van der Waals surface area contributed by atoms with E-state index in [9.17, 15) is 4.79 Å². The van der Waals surface area contributed by atoms with Crippen LogP contribution in [0.15, 0.2) is 0 Å². The summed E-state index contributed by atoms with van der Waals surface area (Å²) in [6, 6.07) is 0.0727. The highest BCUT2D eigenvalue weighted by Crippen LogP contribution is 2.20. The third-order valence-electron chi connectivity index (χ3n) is 3.05. The van der Waals surface area contributed by atoms with Crippen molar-refractivity contribution in [1.29, 1.82) is 0 Å². The molecule has 1 aliphatic rings. The van der Waals surface area contributed by atoms with Crippen molar-refractivity contribution in [3.05, 3.63) is 0 Å². The Bertz CT molecular complexity index is 238. The van der Waals surface area contributed by atoms with E-state index < -0.39 is 0 Å². The first kappa shape index (κ1) is 14.3. The van der Waals surface area contributed by atoms with Gasteiger partial charge in [0, 0.05) is 13.2 Å². The third kappa shape index (κ3) is 5.89. The Hall–Kier alpha value is -0.810. The van der Waals surface area contributed by atoms with Gasteiger partial charge in [-0.2, -0.15) is 0 Å². The zero-order valence-electron chi connectivity index (χ0n) is 10.9. The summed E-state index contributed by atoms with van der Waals surface area (Å²) in [5.74, 6) is 0. The van der Waals surface area contributed by atoms with Crippen LogP contribution in [-0.2, 0) is 4.74 Å². The topological polar surface area (TPSA) is 76.4 Å². The Kier molecular flexibility index (Phi) is 5.71. The normalized spacial score (nSPS) is 20.3. The van der Waals surface area contributed by atoms with Crippen LogP contribution in [0.25, 0.3) is 0 Å². The van der Waals surface area contributed by atoms with Gasteiger partial charge in [-0.3, -0.25) is 0 Å². The van der Waals surface area contributed by atoms with Crippen molar-refractivity contribution in [3.63, 3.8) is 0 Å². The van der Waals surface area contributed by atoms with Crippen molar-refractivity contribution < 1.29 is 9.53 Å². The van der Waals surface area contributed by atoms with Gasteiger partial charge < -0.3 is 21.1 Å². The zero-order chi connectivity index (χ0) is 12.7. The number of rotatable bonds is 6. The van der Waals surface area contributed by atoms with Gasteiger partial charge in [0.25, 0.3) is 0 Å². The van der Waals surface area contributed by atoms with Gasteiger partial charge >= 0.3 is 6.03 Å². The molecule has 0 aromatic carbocycles. The van der Waals surface area contributed by atoms with Gasteiger partial charge in [0.2, 0.25) is 0 Å². The third-order valence-corrected chi connectivity index (χ3v) is 3.05. The fourth-order valence-electron chi connectivity index (χ4n) is 1.87. The Morgan fingerprint density at radius 1 is 1.53 bits per heavy atom. The van der Waals surface area contributed by atoms with E-state index in [1.165, 1.54) is 0 Å². The van der Waals surface area contributed by atoms with Crippen LogP contribution in [0.4, 0.5) is 4.79 Å². The molecule has 0 aliphatic carbocycles. The SMILES string of the molecule is CC(C)(CCCN)CNC(=O)NC1CCOC1. The Morgan fingerprint density at radius 2 is 2.29 bits per heavy atom. The summed E-state index contributed by atoms with van der Waals surface area (Å²) in [5, 5.41) is 5.82. The van der Waals surface area contributed by atoms with Gasteiger partial charge in [-0.15, -0.1) is 0 Å². The van der Waals surface area contributed by atoms with E-state index in [4.69, 9.17) is 10.5 Å². The highest BCUT2D eigenvalue weighted by Gasteiger charge is 2.20. The van der Waals surface area contributed by atoms with Gasteiger partial charge in [-0.1, -0.05) is 13.8 Å². The van der Waals surface area contributed by atoms with Crippen molar-refractivity contribution in [1.82, 2.24) is 10.6 Å². The first-order valence-corrected chi connectivity index (χ1v) is 6.36. The molecule has 2 amide bonds. The van der Waals surface area contributed by atoms with Gasteiger partial charge in [0.05, 0.1) is 12.6 Å². The molecule has 1 saturated heterocycles. The van der Waals surface area contributed by atoms with Crippen LogP contribution < -0.4 is 16.4 Å². The molecule has 1 fully saturated rings. The van der Waals surface area contributed by atoms with Crippen molar-refractivity contribution in [3.8, 4) is 0 Å². The van der Waals surface area contributed by atoms with E-state index >= 15 is 0 Å². The van der Waals surface area contributed by atoms with Crippen LogP contribution >= 0.6 is 0 Å². The molecule has 1 unspecified atom stereocenters. The molecule has 4 N–H and O–H groups in total. The minimum Gasteiger partial charge on any atom is -0.379 e. The number of urea groups is 1. The summed E-state index contributed by atoms with van der Waals surface area (Å²) in [6.07, 6.45) is 2.92. The number of carbonyl (C=O) groups excluding carboxylic acids is 1. The number of nitrogens with two attached hydrogens (primary N) is 1. The standard InChI is InChI=1S/C12H25N3O2/c1-12(2,5-3-6-13)9-14-11(16)15-10-4-7-17-8-10/h10H,3-9,13H2,1-2H3,(H2,14,15,16). The van der Waals surface area contributed by atoms with E-state index in [0.717, 1.165) is 25.9 Å². The second kappa shape index (κ2) is 6.81. The summed E-state index contributed by atoms with van der Waals surface area (Å²) in [6.45, 7) is 7.03. The van der Waals surface area contributed by atoms with E-state index in [0.29, 0.717) is 19.7 Å². The van der Waals surface area contributed by atoms with Crippen molar-refractivity contribution in [2.45, 2.75) is 39.2 Å². The fourth-order valence-corrected chi connectivity index (χ4v) is 1.87. The minimum atomic E-state index is -0.0960. The maximum Gasteiger partial charge on any atom is 0.315 e. The number of carbonyl (C=O) groups is 1. The first-order chi connectivity index (χ1) is 8.03. The maximum absolute atomic E-state index is 11.6. The zero-order valence-corrected chi connectivity index (χ0v) is 10.9. The molecule has 5 nitrogen and oxygen atoms in total. The smallest absolute Gasteiger partial charge is 0.315 e. The first-order valence-electron chi connectivity index (χ1n) is 6.36. The second-order valence-corrected chi connectivity index (χ2v) is 5.44. The molecule has 5 heteroatoms. The van der Waals surface area contributed by atoms with Crippen LogP contribution in [0, 0.1) is 5.41 Å². The largest absolute Gasteiger partial charge is 0.379 e. The average molecular weight is 243 g/mol. The average Bonchev–Trinajstić information content (AvgIpc) is 2.77. The van der Waals surface area contributed by atoms with Gasteiger partial charge in [0.1, 0.15) is 0 Å². The lowest BCUT2D eigenvalue weighted by Gasteiger charge is -2.25. The molecule has 1 atom stereocenters. The molecule has 17 heavy (non-hydrogen) atoms. The van der Waals surface area contributed by atoms with Gasteiger partial charge in [0.15, 0.2) is 0 Å². The predicted octanol–water partition coefficient (Wildman–Crippen LogP) is 0.840. The van der Waals surface area contributed by atoms with Gasteiger partial charge in [-0.05, 0) is 31.2 Å². The highest BCUT2D eigenvalue weighted by molar-refractivity contribution is 5.74. The molecule has 0 radical (unpaired) electrons. The summed E-state index contributed by atoms with van der Waals surface area (Å²) in [7, 11) is 0. The summed E-state index contributed by atoms with van der Waals surface area (Å²) >= 11 is 0. The Labute approximate surface area is 103 Å². The number of ether oxygens (including phenoxy) is 1. The summed E-state index contributed by atoms with van der Waals surface area (Å²) < 4.78 is 5.20. The van der Waals surface area contributed by atoms with E-state index in [1.54, 1.807) is 0 Å². The molecule has 0 aromatic rings. The quantitative estimate of drug-likeness (QED) is 0.647. The van der Waals surface area contributed by atoms with E-state index in [-0.39, 0.29) is 17.5 Å². The van der Waals surface area contributed by atoms with Crippen LogP contribution in [-0.4, -0.2) is 38.4 Å². The molecule has 100 valence electrons. The molecule has 0 aromatic heterocycles. The predicted molar refractivity (Wildman–Crippen MR) is 67.8 cm³/mol. The molecule has 1 aliphatic heterocycles. The summed E-state index contributed by atoms with van der Waals surface area (Å²) in [5.41, 5.74) is 5.59. The number of hydrogen-bond acceptors (Lipinski definition) is 3. The second-order valence-electron chi connectivity index (χ2n) is 5.44. The van der Waals surface area contributed by atoms with E-state index in [1.807, 2.05) is 0 Å². The number of nitrogens with one attached hydrogen (secondary N) is 2. The molecule has 0 spiro atoms. The summed E-state index contributed by atoms with van der Waals surface area (Å²) in [4.78, 5) is 11.6. The molecule has 0 saturated carbocycles. The highest BCUT2D eigenvalue weighted by atomic mass is 16.5. The lowest BCUT2D eigenvalue weighted by molar-refractivity contribution is 0.187. The molecule has 1 heterocycles. The Balaban J connectivity index is 2.17. The van der Waals surface area contributed by atoms with E-state index in [2.05, 4.69) is 24.5 Å². The molecule has 1 rings (SSSR count). The lowest BCUT2D eigenvalue weighted by Crippen LogP contribution is -2.45. The van der Waals surface area contributed by atoms with Crippen molar-refractivity contribution >= 4 is 6.03 Å². The molecular weight excluding hydrogens is 218 g/mol. The Morgan fingerprint density at radius 3 is 2.88 bits per heavy atom. The van der Waals surface area contributed by atoms with Crippen molar-refractivity contribution in [2.24, 2.45) is 11.1 Å². The number of amides is 2.